The topological polar surface area (TPSA) is 119 Å². The molecule has 1 N–H and O–H groups in total. The van der Waals surface area contributed by atoms with Gasteiger partial charge in [0.2, 0.25) is 5.16 Å². The summed E-state index contributed by atoms with van der Waals surface area (Å²) >= 11 is 0.858. The number of carbonyl (C=O) groups excluding carboxylic acids is 1. The first-order chi connectivity index (χ1) is 12.1. The molecule has 25 heavy (non-hydrogen) atoms. The summed E-state index contributed by atoms with van der Waals surface area (Å²) in [6.45, 7) is 1.71. The van der Waals surface area contributed by atoms with Gasteiger partial charge in [-0.1, -0.05) is 12.1 Å². The van der Waals surface area contributed by atoms with E-state index in [1.165, 1.54) is 6.08 Å². The zero-order chi connectivity index (χ0) is 17.8. The maximum Gasteiger partial charge on any atom is 0.213 e. The number of carboxylic acids is 1. The minimum absolute atomic E-state index is 0.0894. The molecule has 0 spiro atoms. The lowest BCUT2D eigenvalue weighted by atomic mass is 10.1. The number of aromatic amines is 1. The van der Waals surface area contributed by atoms with Crippen molar-refractivity contribution in [2.75, 3.05) is 0 Å². The Morgan fingerprint density at radius 2 is 2.16 bits per heavy atom. The number of aryl methyl sites for hydroxylation is 1. The lowest BCUT2D eigenvalue weighted by Gasteiger charge is -2.04. The molecule has 0 saturated heterocycles. The van der Waals surface area contributed by atoms with E-state index >= 15 is 0 Å². The molecule has 2 heterocycles. The number of furan rings is 1. The fourth-order valence-electron chi connectivity index (χ4n) is 2.10. The maximum absolute atomic E-state index is 11.3. The van der Waals surface area contributed by atoms with Crippen LogP contribution in [0.1, 0.15) is 17.1 Å². The van der Waals surface area contributed by atoms with Crippen LogP contribution in [0.25, 0.3) is 17.4 Å². The number of thioether (sulfide) groups is 1. The van der Waals surface area contributed by atoms with E-state index in [4.69, 9.17) is 9.68 Å². The molecule has 0 aliphatic heterocycles. The summed E-state index contributed by atoms with van der Waals surface area (Å²) in [6.07, 6.45) is 1.34. The number of nitriles is 1. The summed E-state index contributed by atoms with van der Waals surface area (Å²) in [5, 5.41) is 27.3. The van der Waals surface area contributed by atoms with Gasteiger partial charge in [0, 0.05) is 10.5 Å². The number of aliphatic carboxylic acids is 1. The van der Waals surface area contributed by atoms with Gasteiger partial charge in [-0.15, -0.1) is 5.10 Å². The Bertz CT molecular complexity index is 997. The molecule has 0 fully saturated rings. The van der Waals surface area contributed by atoms with Gasteiger partial charge < -0.3 is 14.3 Å². The van der Waals surface area contributed by atoms with E-state index in [9.17, 15) is 9.90 Å². The molecule has 0 atom stereocenters. The third-order valence-electron chi connectivity index (χ3n) is 3.19. The smallest absolute Gasteiger partial charge is 0.213 e. The highest BCUT2D eigenvalue weighted by Gasteiger charge is 2.11. The molecule has 0 radical (unpaired) electrons. The third kappa shape index (κ3) is 3.79. The SMILES string of the molecule is Cc1nc(S/C(=C/c2ccc(-c3ccccc3C#N)o2)C(=O)[O-])n[nH]1. The zero-order valence-corrected chi connectivity index (χ0v) is 13.8. The summed E-state index contributed by atoms with van der Waals surface area (Å²) < 4.78 is 5.66. The molecule has 0 saturated carbocycles. The molecular formula is C17H11N4O3S-. The molecule has 8 heteroatoms. The molecule has 0 amide bonds. The molecule has 0 bridgehead atoms. The predicted octanol–water partition coefficient (Wildman–Crippen LogP) is 2.13. The highest BCUT2D eigenvalue weighted by molar-refractivity contribution is 8.04. The van der Waals surface area contributed by atoms with Crippen molar-refractivity contribution in [3.05, 3.63) is 58.5 Å². The van der Waals surface area contributed by atoms with Gasteiger partial charge in [-0.3, -0.25) is 5.10 Å². The number of H-pyrrole nitrogens is 1. The van der Waals surface area contributed by atoms with E-state index in [-0.39, 0.29) is 10.1 Å². The number of hydrogen-bond donors (Lipinski definition) is 1. The Balaban J connectivity index is 1.90. The Labute approximate surface area is 147 Å². The van der Waals surface area contributed by atoms with Crippen LogP contribution in [0.2, 0.25) is 0 Å². The van der Waals surface area contributed by atoms with Crippen LogP contribution in [-0.2, 0) is 4.79 Å². The van der Waals surface area contributed by atoms with Crippen molar-refractivity contribution in [3.8, 4) is 17.4 Å². The Morgan fingerprint density at radius 3 is 2.84 bits per heavy atom. The fraction of sp³-hybridized carbons (Fsp3) is 0.0588. The number of aromatic nitrogens is 3. The van der Waals surface area contributed by atoms with E-state index in [1.54, 1.807) is 43.3 Å². The molecule has 7 nitrogen and oxygen atoms in total. The number of benzene rings is 1. The lowest BCUT2D eigenvalue weighted by molar-refractivity contribution is -0.298. The minimum Gasteiger partial charge on any atom is -0.544 e. The minimum atomic E-state index is -1.36. The van der Waals surface area contributed by atoms with Crippen LogP contribution >= 0.6 is 11.8 Å². The first-order valence-electron chi connectivity index (χ1n) is 7.16. The zero-order valence-electron chi connectivity index (χ0n) is 13.0. The standard InChI is InChI=1S/C17H12N4O3S/c1-10-19-17(21-20-10)25-15(16(22)23)8-12-6-7-14(24-12)13-5-3-2-4-11(13)9-18/h2-8H,1H3,(H,22,23)(H,19,20,21)/p-1/b15-8+. The average Bonchev–Trinajstić information content (AvgIpc) is 3.23. The molecule has 1 aromatic carbocycles. The molecule has 0 unspecified atom stereocenters. The van der Waals surface area contributed by atoms with Gasteiger partial charge in [0.05, 0.1) is 17.6 Å². The fourth-order valence-corrected chi connectivity index (χ4v) is 2.83. The number of rotatable bonds is 5. The molecular weight excluding hydrogens is 340 g/mol. The van der Waals surface area contributed by atoms with Crippen molar-refractivity contribution in [1.29, 1.82) is 5.26 Å². The monoisotopic (exact) mass is 351 g/mol. The van der Waals surface area contributed by atoms with E-state index in [0.29, 0.717) is 28.5 Å². The predicted molar refractivity (Wildman–Crippen MR) is 88.8 cm³/mol. The number of nitrogens with one attached hydrogen (secondary N) is 1. The van der Waals surface area contributed by atoms with Gasteiger partial charge >= 0.3 is 0 Å². The molecule has 2 aromatic heterocycles. The number of carbonyl (C=O) groups is 1. The van der Waals surface area contributed by atoms with Crippen LogP contribution in [0, 0.1) is 18.3 Å². The molecule has 124 valence electrons. The summed E-state index contributed by atoms with van der Waals surface area (Å²) in [7, 11) is 0. The van der Waals surface area contributed by atoms with Crippen molar-refractivity contribution in [1.82, 2.24) is 15.2 Å². The molecule has 3 aromatic rings. The lowest BCUT2D eigenvalue weighted by Crippen LogP contribution is -2.23. The van der Waals surface area contributed by atoms with Gasteiger partial charge in [-0.25, -0.2) is 4.98 Å². The van der Waals surface area contributed by atoms with Crippen LogP contribution < -0.4 is 5.11 Å². The van der Waals surface area contributed by atoms with Crippen molar-refractivity contribution in [3.63, 3.8) is 0 Å². The van der Waals surface area contributed by atoms with Gasteiger partial charge in [0.1, 0.15) is 17.3 Å². The van der Waals surface area contributed by atoms with E-state index in [1.807, 2.05) is 0 Å². The van der Waals surface area contributed by atoms with Crippen molar-refractivity contribution in [2.24, 2.45) is 0 Å². The van der Waals surface area contributed by atoms with Crippen LogP contribution in [0.3, 0.4) is 0 Å². The van der Waals surface area contributed by atoms with Crippen LogP contribution in [-0.4, -0.2) is 21.2 Å². The highest BCUT2D eigenvalue weighted by atomic mass is 32.2. The second-order valence-corrected chi connectivity index (χ2v) is 5.97. The average molecular weight is 351 g/mol. The maximum atomic E-state index is 11.3. The largest absolute Gasteiger partial charge is 0.544 e. The summed E-state index contributed by atoms with van der Waals surface area (Å²) in [5.41, 5.74) is 1.11. The summed E-state index contributed by atoms with van der Waals surface area (Å²) in [4.78, 5) is 15.3. The number of nitrogens with zero attached hydrogens (tertiary/aromatic N) is 3. The first-order valence-corrected chi connectivity index (χ1v) is 7.97. The Morgan fingerprint density at radius 1 is 1.36 bits per heavy atom. The van der Waals surface area contributed by atoms with E-state index in [0.717, 1.165) is 11.8 Å². The summed E-state index contributed by atoms with van der Waals surface area (Å²) in [5.74, 6) is 0.0120. The van der Waals surface area contributed by atoms with Crippen molar-refractivity contribution >= 4 is 23.8 Å². The van der Waals surface area contributed by atoms with E-state index < -0.39 is 5.97 Å². The Hall–Kier alpha value is -3.31. The first kappa shape index (κ1) is 16.5. The highest BCUT2D eigenvalue weighted by Crippen LogP contribution is 2.29. The molecule has 0 aliphatic rings. The number of hydrogen-bond acceptors (Lipinski definition) is 7. The van der Waals surface area contributed by atoms with Gasteiger partial charge in [-0.2, -0.15) is 5.26 Å². The van der Waals surface area contributed by atoms with E-state index in [2.05, 4.69) is 21.3 Å². The molecule has 0 aliphatic carbocycles. The van der Waals surface area contributed by atoms with Gasteiger partial charge in [0.25, 0.3) is 0 Å². The van der Waals surface area contributed by atoms with Gasteiger partial charge in [-0.05, 0) is 49.0 Å². The second kappa shape index (κ2) is 7.07. The van der Waals surface area contributed by atoms with Crippen LogP contribution in [0.4, 0.5) is 0 Å². The normalized spacial score (nSPS) is 11.3. The summed E-state index contributed by atoms with van der Waals surface area (Å²) in [6, 6.07) is 12.4. The number of carboxylic acid groups (broad SMARTS) is 1. The Kier molecular flexibility index (Phi) is 4.68. The van der Waals surface area contributed by atoms with Crippen molar-refractivity contribution in [2.45, 2.75) is 12.1 Å². The quantitative estimate of drug-likeness (QED) is 0.552. The third-order valence-corrected chi connectivity index (χ3v) is 4.06. The van der Waals surface area contributed by atoms with Crippen LogP contribution in [0.5, 0.6) is 0 Å². The second-order valence-electron chi connectivity index (χ2n) is 4.96. The molecule has 3 rings (SSSR count). The van der Waals surface area contributed by atoms with Crippen molar-refractivity contribution < 1.29 is 14.3 Å². The van der Waals surface area contributed by atoms with Crippen LogP contribution in [0.15, 0.2) is 50.9 Å². The van der Waals surface area contributed by atoms with Gasteiger partial charge in [0.15, 0.2) is 0 Å².